The number of morpholine rings is 1. The van der Waals surface area contributed by atoms with Gasteiger partial charge in [-0.05, 0) is 32.2 Å². The van der Waals surface area contributed by atoms with Gasteiger partial charge in [0.15, 0.2) is 11.0 Å². The van der Waals surface area contributed by atoms with Crippen LogP contribution in [0.5, 0.6) is 0 Å². The first-order valence-electron chi connectivity index (χ1n) is 9.20. The first kappa shape index (κ1) is 20.3. The van der Waals surface area contributed by atoms with E-state index in [9.17, 15) is 4.79 Å². The van der Waals surface area contributed by atoms with Gasteiger partial charge in [-0.25, -0.2) is 0 Å². The Labute approximate surface area is 168 Å². The molecule has 0 bridgehead atoms. The quantitative estimate of drug-likeness (QED) is 0.675. The Balaban J connectivity index is 1.52. The van der Waals surface area contributed by atoms with Crippen LogP contribution in [-0.2, 0) is 16.1 Å². The van der Waals surface area contributed by atoms with Crippen molar-refractivity contribution in [3.8, 4) is 10.7 Å². The highest BCUT2D eigenvalue weighted by molar-refractivity contribution is 7.99. The van der Waals surface area contributed by atoms with Crippen LogP contribution in [0.15, 0.2) is 22.7 Å². The van der Waals surface area contributed by atoms with Crippen LogP contribution in [0, 0.1) is 0 Å². The Morgan fingerprint density at radius 2 is 2.15 bits per heavy atom. The van der Waals surface area contributed by atoms with Crippen LogP contribution in [0.3, 0.4) is 0 Å². The molecular formula is C18H27N5O2S2. The maximum absolute atomic E-state index is 12.4. The van der Waals surface area contributed by atoms with Crippen molar-refractivity contribution in [2.45, 2.75) is 38.0 Å². The third-order valence-electron chi connectivity index (χ3n) is 4.69. The van der Waals surface area contributed by atoms with E-state index < -0.39 is 0 Å². The van der Waals surface area contributed by atoms with E-state index in [-0.39, 0.29) is 11.4 Å². The van der Waals surface area contributed by atoms with Crippen LogP contribution in [-0.4, -0.2) is 69.7 Å². The van der Waals surface area contributed by atoms with Gasteiger partial charge < -0.3 is 14.6 Å². The van der Waals surface area contributed by atoms with Crippen LogP contribution in [0.2, 0.25) is 0 Å². The van der Waals surface area contributed by atoms with Crippen molar-refractivity contribution in [3.63, 3.8) is 0 Å². The first-order chi connectivity index (χ1) is 13.0. The van der Waals surface area contributed by atoms with E-state index in [1.807, 2.05) is 17.5 Å². The number of nitrogens with zero attached hydrogens (tertiary/aromatic N) is 4. The Morgan fingerprint density at radius 1 is 1.37 bits per heavy atom. The summed E-state index contributed by atoms with van der Waals surface area (Å²) in [7, 11) is 0. The van der Waals surface area contributed by atoms with Gasteiger partial charge in [0.05, 0.1) is 23.8 Å². The second-order valence-corrected chi connectivity index (χ2v) is 8.90. The van der Waals surface area contributed by atoms with E-state index in [4.69, 9.17) is 4.74 Å². The second kappa shape index (κ2) is 9.18. The smallest absolute Gasteiger partial charge is 0.230 e. The second-order valence-electron chi connectivity index (χ2n) is 7.01. The monoisotopic (exact) mass is 409 g/mol. The topological polar surface area (TPSA) is 72.3 Å². The SMILES string of the molecule is CCn1c(SCC(=O)NCC(C)(C)N2CCOCC2)nnc1-c1cccs1. The lowest BCUT2D eigenvalue weighted by molar-refractivity contribution is -0.119. The molecule has 3 heterocycles. The number of thioether (sulfide) groups is 1. The molecule has 0 unspecified atom stereocenters. The molecule has 1 aliphatic heterocycles. The molecule has 0 radical (unpaired) electrons. The molecule has 0 atom stereocenters. The van der Waals surface area contributed by atoms with Gasteiger partial charge >= 0.3 is 0 Å². The molecule has 148 valence electrons. The lowest BCUT2D eigenvalue weighted by Gasteiger charge is -2.40. The summed E-state index contributed by atoms with van der Waals surface area (Å²) in [5, 5.41) is 14.5. The number of carbonyl (C=O) groups is 1. The van der Waals surface area contributed by atoms with Crippen molar-refractivity contribution in [2.24, 2.45) is 0 Å². The molecule has 1 amide bonds. The lowest BCUT2D eigenvalue weighted by Crippen LogP contribution is -2.55. The highest BCUT2D eigenvalue weighted by atomic mass is 32.2. The molecule has 2 aromatic rings. The largest absolute Gasteiger partial charge is 0.379 e. The van der Waals surface area contributed by atoms with Crippen molar-refractivity contribution < 1.29 is 9.53 Å². The number of rotatable bonds is 8. The summed E-state index contributed by atoms with van der Waals surface area (Å²) in [6.07, 6.45) is 0. The number of nitrogens with one attached hydrogen (secondary N) is 1. The van der Waals surface area contributed by atoms with Gasteiger partial charge in [-0.1, -0.05) is 17.8 Å². The van der Waals surface area contributed by atoms with Crippen molar-refractivity contribution >= 4 is 29.0 Å². The fourth-order valence-corrected chi connectivity index (χ4v) is 4.59. The number of carbonyl (C=O) groups excluding carboxylic acids is 1. The van der Waals surface area contributed by atoms with E-state index in [1.54, 1.807) is 11.3 Å². The van der Waals surface area contributed by atoms with Crippen LogP contribution in [0.1, 0.15) is 20.8 Å². The summed E-state index contributed by atoms with van der Waals surface area (Å²) in [6, 6.07) is 4.04. The molecule has 27 heavy (non-hydrogen) atoms. The highest BCUT2D eigenvalue weighted by Crippen LogP contribution is 2.27. The lowest BCUT2D eigenvalue weighted by atomic mass is 10.0. The number of amides is 1. The van der Waals surface area contributed by atoms with E-state index >= 15 is 0 Å². The molecule has 1 N–H and O–H groups in total. The van der Waals surface area contributed by atoms with Crippen LogP contribution in [0.4, 0.5) is 0 Å². The highest BCUT2D eigenvalue weighted by Gasteiger charge is 2.28. The van der Waals surface area contributed by atoms with E-state index in [0.717, 1.165) is 48.7 Å². The van der Waals surface area contributed by atoms with Gasteiger partial charge in [0, 0.05) is 31.7 Å². The van der Waals surface area contributed by atoms with Gasteiger partial charge in [-0.15, -0.1) is 21.5 Å². The predicted octanol–water partition coefficient (Wildman–Crippen LogP) is 2.35. The predicted molar refractivity (Wildman–Crippen MR) is 109 cm³/mol. The van der Waals surface area contributed by atoms with E-state index in [0.29, 0.717) is 12.3 Å². The fourth-order valence-electron chi connectivity index (χ4n) is 3.05. The Morgan fingerprint density at radius 3 is 2.81 bits per heavy atom. The van der Waals surface area contributed by atoms with Crippen LogP contribution < -0.4 is 5.32 Å². The summed E-state index contributed by atoms with van der Waals surface area (Å²) in [5.74, 6) is 1.22. The standard InChI is InChI=1S/C18H27N5O2S2/c1-4-23-16(14-6-5-11-26-14)20-21-17(23)27-12-15(24)19-13-18(2,3)22-7-9-25-10-8-22/h5-6,11H,4,7-10,12-13H2,1-3H3,(H,19,24). The van der Waals surface area contributed by atoms with Gasteiger partial charge in [-0.2, -0.15) is 0 Å². The third-order valence-corrected chi connectivity index (χ3v) is 6.52. The molecule has 0 aromatic carbocycles. The zero-order valence-electron chi connectivity index (χ0n) is 16.1. The van der Waals surface area contributed by atoms with Gasteiger partial charge in [-0.3, -0.25) is 9.69 Å². The van der Waals surface area contributed by atoms with Crippen molar-refractivity contribution in [2.75, 3.05) is 38.6 Å². The van der Waals surface area contributed by atoms with Crippen molar-refractivity contribution in [1.29, 1.82) is 0 Å². The molecular weight excluding hydrogens is 382 g/mol. The average Bonchev–Trinajstić information content (AvgIpc) is 3.34. The average molecular weight is 410 g/mol. The van der Waals surface area contributed by atoms with Crippen molar-refractivity contribution in [3.05, 3.63) is 17.5 Å². The minimum absolute atomic E-state index is 0.0182. The molecule has 2 aromatic heterocycles. The summed E-state index contributed by atoms with van der Waals surface area (Å²) >= 11 is 3.07. The molecule has 1 aliphatic rings. The van der Waals surface area contributed by atoms with Gasteiger partial charge in [0.1, 0.15) is 0 Å². The van der Waals surface area contributed by atoms with Gasteiger partial charge in [0.25, 0.3) is 0 Å². The number of hydrogen-bond donors (Lipinski definition) is 1. The third kappa shape index (κ3) is 5.10. The van der Waals surface area contributed by atoms with E-state index in [1.165, 1.54) is 11.8 Å². The number of ether oxygens (including phenoxy) is 1. The van der Waals surface area contributed by atoms with E-state index in [2.05, 4.69) is 45.8 Å². The first-order valence-corrected chi connectivity index (χ1v) is 11.1. The number of hydrogen-bond acceptors (Lipinski definition) is 7. The fraction of sp³-hybridized carbons (Fsp3) is 0.611. The number of aromatic nitrogens is 3. The van der Waals surface area contributed by atoms with Crippen LogP contribution in [0.25, 0.3) is 10.7 Å². The molecule has 1 fully saturated rings. The Bertz CT molecular complexity index is 739. The maximum Gasteiger partial charge on any atom is 0.230 e. The van der Waals surface area contributed by atoms with Crippen LogP contribution >= 0.6 is 23.1 Å². The Hall–Kier alpha value is -1.42. The normalized spacial score (nSPS) is 15.8. The van der Waals surface area contributed by atoms with Gasteiger partial charge in [0.2, 0.25) is 5.91 Å². The molecule has 0 aliphatic carbocycles. The van der Waals surface area contributed by atoms with Crippen molar-refractivity contribution in [1.82, 2.24) is 25.0 Å². The number of thiophene rings is 1. The molecule has 9 heteroatoms. The minimum atomic E-state index is -0.0834. The molecule has 1 saturated heterocycles. The maximum atomic E-state index is 12.4. The molecule has 0 spiro atoms. The summed E-state index contributed by atoms with van der Waals surface area (Å²) in [6.45, 7) is 11.1. The zero-order chi connectivity index (χ0) is 19.3. The molecule has 7 nitrogen and oxygen atoms in total. The minimum Gasteiger partial charge on any atom is -0.379 e. The summed E-state index contributed by atoms with van der Waals surface area (Å²) < 4.78 is 7.47. The Kier molecular flexibility index (Phi) is 6.91. The molecule has 3 rings (SSSR count). The zero-order valence-corrected chi connectivity index (χ0v) is 17.7. The molecule has 0 saturated carbocycles. The summed E-state index contributed by atoms with van der Waals surface area (Å²) in [5.41, 5.74) is -0.0834. The summed E-state index contributed by atoms with van der Waals surface area (Å²) in [4.78, 5) is 15.8.